The highest BCUT2D eigenvalue weighted by atomic mass is 31.2. The standard InChI is InChI=1S/C84H160O17P2/c1-7-9-11-13-15-17-19-21-23-30-33-37-41-48-54-60-66-81(86)94-72-79(100-83(88)69-63-57-51-43-39-35-31-27-25-24-26-29-32-36-40-46-52-58-64-76(3)4)74-98-102(90,91)96-70-78(85)71-97-103(92,93)99-75-80(73-95-82(87)67-61-55-49-45-44-47-53-59-65-77(5)6)101-84(89)68-62-56-50-42-38-34-28-22-20-18-16-14-12-10-8-2/h18,20,22,28,76-80,85H,7-17,19,21,23-27,29-75H2,1-6H3,(H,90,91)(H,92,93)/b20-18-,28-22-/t78-,79-,80-/m1/s1. The highest BCUT2D eigenvalue weighted by Crippen LogP contribution is 2.45. The van der Waals surface area contributed by atoms with Gasteiger partial charge in [0.2, 0.25) is 0 Å². The van der Waals surface area contributed by atoms with Gasteiger partial charge in [-0.3, -0.25) is 37.3 Å². The molecular weight excluding hydrogens is 1340 g/mol. The molecule has 608 valence electrons. The molecule has 0 aliphatic carbocycles. The SMILES string of the molecule is CCCCCC/C=C\C=C/CCCCCCCC(=O)O[C@H](COC(=O)CCCCCCCCCCC(C)C)COP(=O)(O)OC[C@H](O)COP(=O)(O)OC[C@@H](COC(=O)CCCCCCCCCCCCCCCCCC)OC(=O)CCCCCCCCCCCCCCCCCCCCC(C)C. The number of rotatable bonds is 81. The summed E-state index contributed by atoms with van der Waals surface area (Å²) in [5.41, 5.74) is 0. The third-order valence-electron chi connectivity index (χ3n) is 19.1. The van der Waals surface area contributed by atoms with Gasteiger partial charge in [0.1, 0.15) is 19.3 Å². The summed E-state index contributed by atoms with van der Waals surface area (Å²) in [4.78, 5) is 73.1. The van der Waals surface area contributed by atoms with Crippen LogP contribution in [0, 0.1) is 11.8 Å². The third kappa shape index (κ3) is 77.5. The third-order valence-corrected chi connectivity index (χ3v) is 21.0. The van der Waals surface area contributed by atoms with Crippen LogP contribution in [0.25, 0.3) is 0 Å². The Morgan fingerprint density at radius 2 is 0.524 bits per heavy atom. The summed E-state index contributed by atoms with van der Waals surface area (Å²) in [6.45, 7) is 9.59. The van der Waals surface area contributed by atoms with Crippen LogP contribution in [-0.4, -0.2) is 96.7 Å². The van der Waals surface area contributed by atoms with E-state index in [-0.39, 0.29) is 25.7 Å². The molecule has 5 atom stereocenters. The second-order valence-corrected chi connectivity index (χ2v) is 33.4. The van der Waals surface area contributed by atoms with E-state index in [1.165, 1.54) is 218 Å². The second kappa shape index (κ2) is 75.0. The van der Waals surface area contributed by atoms with Gasteiger partial charge in [0.25, 0.3) is 0 Å². The molecule has 0 bridgehead atoms. The molecule has 2 unspecified atom stereocenters. The highest BCUT2D eigenvalue weighted by molar-refractivity contribution is 7.47. The van der Waals surface area contributed by atoms with Crippen LogP contribution in [0.3, 0.4) is 0 Å². The average molecular weight is 1500 g/mol. The number of hydrogen-bond acceptors (Lipinski definition) is 15. The van der Waals surface area contributed by atoms with Gasteiger partial charge in [-0.25, -0.2) is 9.13 Å². The van der Waals surface area contributed by atoms with Crippen molar-refractivity contribution in [3.05, 3.63) is 24.3 Å². The van der Waals surface area contributed by atoms with E-state index in [9.17, 15) is 43.2 Å². The topological polar surface area (TPSA) is 237 Å². The molecule has 103 heavy (non-hydrogen) atoms. The summed E-state index contributed by atoms with van der Waals surface area (Å²) in [5, 5.41) is 10.7. The molecular formula is C84H160O17P2. The van der Waals surface area contributed by atoms with Crippen molar-refractivity contribution in [2.75, 3.05) is 39.6 Å². The van der Waals surface area contributed by atoms with Crippen LogP contribution in [0.2, 0.25) is 0 Å². The highest BCUT2D eigenvalue weighted by Gasteiger charge is 2.30. The van der Waals surface area contributed by atoms with E-state index < -0.39 is 97.5 Å². The Balaban J connectivity index is 5.27. The van der Waals surface area contributed by atoms with Crippen molar-refractivity contribution >= 4 is 39.5 Å². The molecule has 0 fully saturated rings. The number of phosphoric acid groups is 2. The number of hydrogen-bond donors (Lipinski definition) is 3. The van der Waals surface area contributed by atoms with Crippen molar-refractivity contribution in [3.8, 4) is 0 Å². The van der Waals surface area contributed by atoms with Gasteiger partial charge in [-0.05, 0) is 63.2 Å². The maximum atomic E-state index is 13.1. The predicted molar refractivity (Wildman–Crippen MR) is 423 cm³/mol. The van der Waals surface area contributed by atoms with Gasteiger partial charge in [0.05, 0.1) is 26.4 Å². The molecule has 0 aliphatic heterocycles. The van der Waals surface area contributed by atoms with Crippen LogP contribution < -0.4 is 0 Å². The number of carbonyl (C=O) groups excluding carboxylic acids is 4. The maximum absolute atomic E-state index is 13.1. The molecule has 0 aromatic carbocycles. The molecule has 0 heterocycles. The zero-order valence-corrected chi connectivity index (χ0v) is 68.9. The fourth-order valence-electron chi connectivity index (χ4n) is 12.5. The van der Waals surface area contributed by atoms with Crippen LogP contribution in [-0.2, 0) is 65.4 Å². The lowest BCUT2D eigenvalue weighted by Crippen LogP contribution is -2.30. The Hall–Kier alpha value is -2.46. The van der Waals surface area contributed by atoms with E-state index in [1.54, 1.807) is 0 Å². The average Bonchev–Trinajstić information content (AvgIpc) is 0.920. The van der Waals surface area contributed by atoms with Gasteiger partial charge >= 0.3 is 39.5 Å². The monoisotopic (exact) mass is 1500 g/mol. The Labute approximate surface area is 631 Å². The van der Waals surface area contributed by atoms with Crippen LogP contribution in [0.15, 0.2) is 24.3 Å². The molecule has 17 nitrogen and oxygen atoms in total. The molecule has 0 aliphatic rings. The fourth-order valence-corrected chi connectivity index (χ4v) is 14.1. The van der Waals surface area contributed by atoms with Crippen LogP contribution in [0.1, 0.15) is 420 Å². The van der Waals surface area contributed by atoms with Crippen LogP contribution in [0.4, 0.5) is 0 Å². The van der Waals surface area contributed by atoms with Crippen LogP contribution >= 0.6 is 15.6 Å². The number of allylic oxidation sites excluding steroid dienone is 4. The van der Waals surface area contributed by atoms with Gasteiger partial charge < -0.3 is 33.8 Å². The van der Waals surface area contributed by atoms with Crippen molar-refractivity contribution in [3.63, 3.8) is 0 Å². The summed E-state index contributed by atoms with van der Waals surface area (Å²) in [7, 11) is -9.94. The normalized spacial score (nSPS) is 14.0. The van der Waals surface area contributed by atoms with Gasteiger partial charge in [0, 0.05) is 25.7 Å². The Kier molecular flexibility index (Phi) is 73.2. The summed E-state index contributed by atoms with van der Waals surface area (Å²) in [6, 6.07) is 0. The minimum absolute atomic E-state index is 0.0847. The number of carbonyl (C=O) groups is 4. The van der Waals surface area contributed by atoms with Crippen molar-refractivity contribution in [1.29, 1.82) is 0 Å². The second-order valence-electron chi connectivity index (χ2n) is 30.5. The number of ether oxygens (including phenoxy) is 4. The first kappa shape index (κ1) is 101. The lowest BCUT2D eigenvalue weighted by Gasteiger charge is -2.21. The largest absolute Gasteiger partial charge is 0.472 e. The molecule has 0 amide bonds. The van der Waals surface area contributed by atoms with Crippen LogP contribution in [0.5, 0.6) is 0 Å². The first-order valence-electron chi connectivity index (χ1n) is 42.8. The lowest BCUT2D eigenvalue weighted by molar-refractivity contribution is -0.161. The van der Waals surface area contributed by atoms with E-state index in [1.807, 2.05) is 0 Å². The Morgan fingerprint density at radius 1 is 0.301 bits per heavy atom. The number of aliphatic hydroxyl groups excluding tert-OH is 1. The molecule has 0 aromatic heterocycles. The van der Waals surface area contributed by atoms with E-state index in [0.717, 1.165) is 121 Å². The summed E-state index contributed by atoms with van der Waals surface area (Å²) in [6.07, 6.45) is 68.9. The molecule has 19 heteroatoms. The summed E-state index contributed by atoms with van der Waals surface area (Å²) >= 11 is 0. The van der Waals surface area contributed by atoms with Crippen molar-refractivity contribution in [1.82, 2.24) is 0 Å². The number of esters is 4. The molecule has 0 spiro atoms. The van der Waals surface area contributed by atoms with Gasteiger partial charge in [-0.2, -0.15) is 0 Å². The molecule has 0 radical (unpaired) electrons. The van der Waals surface area contributed by atoms with E-state index in [2.05, 4.69) is 65.8 Å². The zero-order valence-electron chi connectivity index (χ0n) is 67.1. The number of unbranched alkanes of at least 4 members (excludes halogenated alkanes) is 48. The smallest absolute Gasteiger partial charge is 0.462 e. The molecule has 3 N–H and O–H groups in total. The number of phosphoric ester groups is 2. The summed E-state index contributed by atoms with van der Waals surface area (Å²) < 4.78 is 68.8. The quantitative estimate of drug-likeness (QED) is 0.0169. The Morgan fingerprint density at radius 3 is 0.796 bits per heavy atom. The fraction of sp³-hybridized carbons (Fsp3) is 0.905. The molecule has 0 aromatic rings. The molecule has 0 rings (SSSR count). The summed E-state index contributed by atoms with van der Waals surface area (Å²) in [5.74, 6) is -0.593. The van der Waals surface area contributed by atoms with Gasteiger partial charge in [-0.15, -0.1) is 0 Å². The lowest BCUT2D eigenvalue weighted by atomic mass is 10.0. The first-order valence-corrected chi connectivity index (χ1v) is 45.8. The van der Waals surface area contributed by atoms with Gasteiger partial charge in [-0.1, -0.05) is 368 Å². The van der Waals surface area contributed by atoms with Crippen molar-refractivity contribution < 1.29 is 80.2 Å². The minimum atomic E-state index is -4.97. The zero-order chi connectivity index (χ0) is 75.6. The van der Waals surface area contributed by atoms with E-state index in [4.69, 9.17) is 37.0 Å². The molecule has 0 saturated heterocycles. The van der Waals surface area contributed by atoms with E-state index in [0.29, 0.717) is 25.7 Å². The molecule has 0 saturated carbocycles. The maximum Gasteiger partial charge on any atom is 0.472 e. The van der Waals surface area contributed by atoms with Crippen molar-refractivity contribution in [2.24, 2.45) is 11.8 Å². The van der Waals surface area contributed by atoms with Crippen molar-refractivity contribution in [2.45, 2.75) is 439 Å². The predicted octanol–water partition coefficient (Wildman–Crippen LogP) is 25.0. The van der Waals surface area contributed by atoms with Gasteiger partial charge in [0.15, 0.2) is 12.2 Å². The Bertz CT molecular complexity index is 2070. The van der Waals surface area contributed by atoms with E-state index >= 15 is 0 Å². The minimum Gasteiger partial charge on any atom is -0.462 e. The number of aliphatic hydroxyl groups is 1. The first-order chi connectivity index (χ1) is 49.9.